The predicted molar refractivity (Wildman–Crippen MR) is 52.3 cm³/mol. The molecule has 16 heavy (non-hydrogen) atoms. The van der Waals surface area contributed by atoms with Gasteiger partial charge in [-0.25, -0.2) is 19.7 Å². The maximum atomic E-state index is 11.7. The lowest BCUT2D eigenvalue weighted by atomic mass is 10.2. The van der Waals surface area contributed by atoms with Crippen LogP contribution < -0.4 is 4.90 Å². The summed E-state index contributed by atoms with van der Waals surface area (Å²) in [7, 11) is 1.33. The minimum Gasteiger partial charge on any atom is -0.274 e. The lowest BCUT2D eigenvalue weighted by Crippen LogP contribution is -2.53. The van der Waals surface area contributed by atoms with E-state index in [1.54, 1.807) is 0 Å². The molecule has 0 bridgehead atoms. The molecule has 1 saturated heterocycles. The van der Waals surface area contributed by atoms with E-state index in [1.165, 1.54) is 25.8 Å². The van der Waals surface area contributed by atoms with E-state index in [4.69, 9.17) is 0 Å². The number of barbiturate groups is 1. The molecule has 0 unspecified atom stereocenters. The highest BCUT2D eigenvalue weighted by molar-refractivity contribution is 6.25. The molecule has 1 aromatic heterocycles. The maximum Gasteiger partial charge on any atom is 0.337 e. The average Bonchev–Trinajstić information content (AvgIpc) is 2.28. The first kappa shape index (κ1) is 10.2. The van der Waals surface area contributed by atoms with Gasteiger partial charge < -0.3 is 0 Å². The van der Waals surface area contributed by atoms with Gasteiger partial charge in [0.15, 0.2) is 0 Å². The summed E-state index contributed by atoms with van der Waals surface area (Å²) in [5, 5.41) is 0. The molecule has 4 amide bonds. The van der Waals surface area contributed by atoms with Crippen molar-refractivity contribution in [1.82, 2.24) is 14.9 Å². The van der Waals surface area contributed by atoms with Crippen LogP contribution in [0.2, 0.25) is 0 Å². The summed E-state index contributed by atoms with van der Waals surface area (Å²) in [4.78, 5) is 43.7. The second kappa shape index (κ2) is 3.69. The number of hydrogen-bond acceptors (Lipinski definition) is 5. The van der Waals surface area contributed by atoms with Crippen LogP contribution in [0, 0.1) is 0 Å². The Morgan fingerprint density at radius 1 is 1.12 bits per heavy atom. The van der Waals surface area contributed by atoms with Gasteiger partial charge >= 0.3 is 6.03 Å². The Morgan fingerprint density at radius 2 is 1.75 bits per heavy atom. The van der Waals surface area contributed by atoms with Crippen LogP contribution in [0.5, 0.6) is 0 Å². The zero-order chi connectivity index (χ0) is 11.7. The molecule has 1 aromatic rings. The fraction of sp³-hybridized carbons (Fsp3) is 0.222. The fourth-order valence-electron chi connectivity index (χ4n) is 1.35. The van der Waals surface area contributed by atoms with Crippen LogP contribution in [0.25, 0.3) is 0 Å². The van der Waals surface area contributed by atoms with Crippen LogP contribution in [0.3, 0.4) is 0 Å². The highest BCUT2D eigenvalue weighted by Crippen LogP contribution is 2.18. The lowest BCUT2D eigenvalue weighted by Gasteiger charge is -2.29. The Morgan fingerprint density at radius 3 is 2.38 bits per heavy atom. The standard InChI is InChI=1S/C9H8N4O3/c1-12-7(14)2-8(15)13(9(12)16)6-3-10-5-11-4-6/h3-5H,2H2,1H3. The number of carbonyl (C=O) groups is 3. The van der Waals surface area contributed by atoms with Crippen molar-refractivity contribution >= 4 is 23.5 Å². The molecule has 0 saturated carbocycles. The Hall–Kier alpha value is -2.31. The van der Waals surface area contributed by atoms with E-state index in [0.29, 0.717) is 0 Å². The summed E-state index contributed by atoms with van der Waals surface area (Å²) in [6.45, 7) is 0. The number of hydrogen-bond donors (Lipinski definition) is 0. The highest BCUT2D eigenvalue weighted by Gasteiger charge is 2.36. The van der Waals surface area contributed by atoms with Gasteiger partial charge in [-0.1, -0.05) is 0 Å². The third-order valence-corrected chi connectivity index (χ3v) is 2.21. The van der Waals surface area contributed by atoms with Gasteiger partial charge in [0, 0.05) is 7.05 Å². The van der Waals surface area contributed by atoms with Crippen LogP contribution in [0.1, 0.15) is 6.42 Å². The van der Waals surface area contributed by atoms with Crippen molar-refractivity contribution in [3.8, 4) is 0 Å². The number of imide groups is 2. The van der Waals surface area contributed by atoms with Crippen LogP contribution in [0.4, 0.5) is 10.5 Å². The van der Waals surface area contributed by atoms with E-state index in [1.807, 2.05) is 0 Å². The maximum absolute atomic E-state index is 11.7. The lowest BCUT2D eigenvalue weighted by molar-refractivity contribution is -0.134. The van der Waals surface area contributed by atoms with E-state index < -0.39 is 17.8 Å². The van der Waals surface area contributed by atoms with Gasteiger partial charge in [-0.2, -0.15) is 0 Å². The summed E-state index contributed by atoms with van der Waals surface area (Å²) < 4.78 is 0. The zero-order valence-electron chi connectivity index (χ0n) is 8.45. The highest BCUT2D eigenvalue weighted by atomic mass is 16.2. The normalized spacial score (nSPS) is 16.9. The molecular formula is C9H8N4O3. The van der Waals surface area contributed by atoms with Gasteiger partial charge in [-0.3, -0.25) is 14.5 Å². The van der Waals surface area contributed by atoms with E-state index >= 15 is 0 Å². The number of urea groups is 1. The summed E-state index contributed by atoms with van der Waals surface area (Å²) in [5.74, 6) is -1.08. The van der Waals surface area contributed by atoms with Crippen LogP contribution in [0.15, 0.2) is 18.7 Å². The molecular weight excluding hydrogens is 212 g/mol. The Kier molecular flexibility index (Phi) is 2.35. The topological polar surface area (TPSA) is 83.5 Å². The largest absolute Gasteiger partial charge is 0.337 e. The Labute approximate surface area is 90.7 Å². The van der Waals surface area contributed by atoms with E-state index in [2.05, 4.69) is 9.97 Å². The zero-order valence-corrected chi connectivity index (χ0v) is 8.45. The fourth-order valence-corrected chi connectivity index (χ4v) is 1.35. The number of rotatable bonds is 1. The number of nitrogens with zero attached hydrogens (tertiary/aromatic N) is 4. The van der Waals surface area contributed by atoms with E-state index in [9.17, 15) is 14.4 Å². The van der Waals surface area contributed by atoms with Crippen molar-refractivity contribution in [3.05, 3.63) is 18.7 Å². The van der Waals surface area contributed by atoms with Crippen molar-refractivity contribution in [2.75, 3.05) is 11.9 Å². The van der Waals surface area contributed by atoms with Crippen LogP contribution >= 0.6 is 0 Å². The van der Waals surface area contributed by atoms with E-state index in [0.717, 1.165) is 9.80 Å². The molecule has 2 heterocycles. The molecule has 7 nitrogen and oxygen atoms in total. The molecule has 0 aliphatic carbocycles. The number of anilines is 1. The van der Waals surface area contributed by atoms with Crippen molar-refractivity contribution in [3.63, 3.8) is 0 Å². The van der Waals surface area contributed by atoms with Crippen LogP contribution in [-0.4, -0.2) is 39.8 Å². The molecule has 0 aromatic carbocycles. The summed E-state index contributed by atoms with van der Waals surface area (Å²) >= 11 is 0. The molecule has 1 aliphatic heterocycles. The first-order valence-electron chi connectivity index (χ1n) is 4.49. The number of amides is 4. The summed E-state index contributed by atoms with van der Waals surface area (Å²) in [6, 6.07) is -0.684. The number of aromatic nitrogens is 2. The first-order valence-corrected chi connectivity index (χ1v) is 4.49. The van der Waals surface area contributed by atoms with Gasteiger partial charge in [-0.15, -0.1) is 0 Å². The molecule has 1 aliphatic rings. The summed E-state index contributed by atoms with van der Waals surface area (Å²) in [5.41, 5.74) is 0.261. The molecule has 2 rings (SSSR count). The van der Waals surface area contributed by atoms with Gasteiger partial charge in [0.25, 0.3) is 0 Å². The third-order valence-electron chi connectivity index (χ3n) is 2.21. The Balaban J connectivity index is 2.38. The molecule has 0 radical (unpaired) electrons. The van der Waals surface area contributed by atoms with Crippen LogP contribution in [-0.2, 0) is 9.59 Å². The summed E-state index contributed by atoms with van der Waals surface area (Å²) in [6.07, 6.45) is 3.65. The van der Waals surface area contributed by atoms with Gasteiger partial charge in [0.05, 0.1) is 18.1 Å². The quantitative estimate of drug-likeness (QED) is 0.611. The minimum absolute atomic E-state index is 0.261. The Bertz CT molecular complexity index is 459. The molecule has 1 fully saturated rings. The van der Waals surface area contributed by atoms with Gasteiger partial charge in [-0.05, 0) is 0 Å². The predicted octanol–water partition coefficient (Wildman–Crippen LogP) is -0.208. The van der Waals surface area contributed by atoms with Gasteiger partial charge in [0.2, 0.25) is 11.8 Å². The first-order chi connectivity index (χ1) is 7.61. The van der Waals surface area contributed by atoms with Gasteiger partial charge in [0.1, 0.15) is 12.7 Å². The molecule has 7 heteroatoms. The van der Waals surface area contributed by atoms with Crippen molar-refractivity contribution in [2.24, 2.45) is 0 Å². The smallest absolute Gasteiger partial charge is 0.274 e. The molecule has 0 spiro atoms. The van der Waals surface area contributed by atoms with Crippen molar-refractivity contribution in [1.29, 1.82) is 0 Å². The SMILES string of the molecule is CN1C(=O)CC(=O)N(c2cncnc2)C1=O. The van der Waals surface area contributed by atoms with Crippen molar-refractivity contribution < 1.29 is 14.4 Å². The molecule has 0 atom stereocenters. The monoisotopic (exact) mass is 220 g/mol. The molecule has 0 N–H and O–H groups in total. The number of carbonyl (C=O) groups excluding carboxylic acids is 3. The second-order valence-electron chi connectivity index (χ2n) is 3.24. The second-order valence-corrected chi connectivity index (χ2v) is 3.24. The average molecular weight is 220 g/mol. The molecule has 82 valence electrons. The van der Waals surface area contributed by atoms with E-state index in [-0.39, 0.29) is 12.1 Å². The minimum atomic E-state index is -0.684. The van der Waals surface area contributed by atoms with Crippen molar-refractivity contribution in [2.45, 2.75) is 6.42 Å². The third kappa shape index (κ3) is 1.52.